The molecule has 6 rings (SSSR count). The van der Waals surface area contributed by atoms with Gasteiger partial charge in [0.05, 0.1) is 58.3 Å². The largest absolute Gasteiger partial charge is 0.476 e. The van der Waals surface area contributed by atoms with E-state index in [1.165, 1.54) is 0 Å². The summed E-state index contributed by atoms with van der Waals surface area (Å²) in [6.45, 7) is 9.76. The van der Waals surface area contributed by atoms with E-state index in [9.17, 15) is 9.90 Å². The molecule has 0 spiro atoms. The average Bonchev–Trinajstić information content (AvgIpc) is 3.67. The van der Waals surface area contributed by atoms with E-state index in [1.807, 2.05) is 53.0 Å². The number of H-pyrrole nitrogens is 2. The van der Waals surface area contributed by atoms with E-state index in [0.29, 0.717) is 30.3 Å². The molecule has 0 aliphatic carbocycles. The molecular weight excluding hydrogens is 484 g/mol. The molecule has 1 fully saturated rings. The first kappa shape index (κ1) is 25.9. The molecule has 0 amide bonds. The van der Waals surface area contributed by atoms with Crippen molar-refractivity contribution in [3.05, 3.63) is 45.3 Å². The third-order valence-electron chi connectivity index (χ3n) is 7.35. The Morgan fingerprint density at radius 1 is 1.29 bits per heavy atom. The molecule has 2 unspecified atom stereocenters. The van der Waals surface area contributed by atoms with Gasteiger partial charge < -0.3 is 9.84 Å². The molecular formula is C27H36N8O3. The Balaban J connectivity index is 0.00000144. The lowest BCUT2D eigenvalue weighted by atomic mass is 10.1. The van der Waals surface area contributed by atoms with E-state index in [1.54, 1.807) is 15.6 Å². The number of ether oxygens (including phenoxy) is 1. The Bertz CT molecular complexity index is 1530. The Kier molecular flexibility index (Phi) is 7.22. The predicted molar refractivity (Wildman–Crippen MR) is 147 cm³/mol. The zero-order valence-electron chi connectivity index (χ0n) is 22.7. The third-order valence-corrected chi connectivity index (χ3v) is 7.35. The fraction of sp³-hybridized carbons (Fsp3) is 0.481. The number of aliphatic hydroxyl groups is 1. The van der Waals surface area contributed by atoms with Gasteiger partial charge in [0, 0.05) is 25.0 Å². The second-order valence-corrected chi connectivity index (χ2v) is 9.73. The summed E-state index contributed by atoms with van der Waals surface area (Å²) in [4.78, 5) is 20.1. The highest BCUT2D eigenvalue weighted by Gasteiger charge is 2.30. The molecule has 4 aromatic rings. The maximum atomic E-state index is 13.0. The summed E-state index contributed by atoms with van der Waals surface area (Å²) in [5, 5.41) is 25.8. The molecule has 1 saturated heterocycles. The quantitative estimate of drug-likeness (QED) is 0.370. The molecule has 0 radical (unpaired) electrons. The van der Waals surface area contributed by atoms with Crippen molar-refractivity contribution in [1.82, 2.24) is 39.6 Å². The monoisotopic (exact) mass is 520 g/mol. The minimum absolute atomic E-state index is 0.0737. The highest BCUT2D eigenvalue weighted by Crippen LogP contribution is 2.34. The zero-order valence-corrected chi connectivity index (χ0v) is 22.7. The van der Waals surface area contributed by atoms with Crippen LogP contribution < -0.4 is 10.3 Å². The lowest BCUT2D eigenvalue weighted by Crippen LogP contribution is -2.35. The minimum Gasteiger partial charge on any atom is -0.476 e. The number of hydrogen-bond donors (Lipinski definition) is 3. The zero-order chi connectivity index (χ0) is 27.0. The molecule has 6 heterocycles. The van der Waals surface area contributed by atoms with Crippen LogP contribution in [-0.4, -0.2) is 70.5 Å². The van der Waals surface area contributed by atoms with E-state index < -0.39 is 0 Å². The van der Waals surface area contributed by atoms with Crippen LogP contribution in [0.25, 0.3) is 34.3 Å². The number of aryl methyl sites for hydroxylation is 2. The summed E-state index contributed by atoms with van der Waals surface area (Å²) < 4.78 is 10.0. The molecule has 2 aliphatic rings. The van der Waals surface area contributed by atoms with Gasteiger partial charge in [0.25, 0.3) is 5.56 Å². The number of pyridine rings is 1. The fourth-order valence-corrected chi connectivity index (χ4v) is 5.41. The molecule has 11 nitrogen and oxygen atoms in total. The van der Waals surface area contributed by atoms with E-state index in [-0.39, 0.29) is 24.2 Å². The molecule has 3 N–H and O–H groups in total. The highest BCUT2D eigenvalue weighted by molar-refractivity contribution is 5.91. The first-order chi connectivity index (χ1) is 18.4. The van der Waals surface area contributed by atoms with Crippen LogP contribution in [0.4, 0.5) is 0 Å². The van der Waals surface area contributed by atoms with Gasteiger partial charge >= 0.3 is 0 Å². The van der Waals surface area contributed by atoms with Gasteiger partial charge in [0.15, 0.2) is 0 Å². The van der Waals surface area contributed by atoms with Crippen LogP contribution in [-0.2, 0) is 13.6 Å². The number of fused-ring (bicyclic) bond motifs is 5. The van der Waals surface area contributed by atoms with Crippen LogP contribution in [0, 0.1) is 6.92 Å². The molecule has 11 heteroatoms. The number of aromatic nitrogens is 7. The second-order valence-electron chi connectivity index (χ2n) is 9.73. The molecule has 0 aromatic carbocycles. The van der Waals surface area contributed by atoms with Crippen molar-refractivity contribution in [1.29, 1.82) is 0 Å². The van der Waals surface area contributed by atoms with Crippen molar-refractivity contribution in [3.63, 3.8) is 0 Å². The normalized spacial score (nSPS) is 18.9. The van der Waals surface area contributed by atoms with Crippen LogP contribution in [0.1, 0.15) is 62.3 Å². The Morgan fingerprint density at radius 3 is 2.89 bits per heavy atom. The van der Waals surface area contributed by atoms with E-state index in [2.05, 4.69) is 30.3 Å². The van der Waals surface area contributed by atoms with E-state index in [0.717, 1.165) is 52.9 Å². The first-order valence-corrected chi connectivity index (χ1v) is 13.3. The van der Waals surface area contributed by atoms with Crippen LogP contribution in [0.3, 0.4) is 0 Å². The van der Waals surface area contributed by atoms with Gasteiger partial charge in [-0.2, -0.15) is 10.2 Å². The van der Waals surface area contributed by atoms with E-state index >= 15 is 0 Å². The van der Waals surface area contributed by atoms with Crippen molar-refractivity contribution in [3.8, 4) is 17.1 Å². The molecule has 2 bridgehead atoms. The van der Waals surface area contributed by atoms with E-state index in [4.69, 9.17) is 4.74 Å². The van der Waals surface area contributed by atoms with Crippen LogP contribution in [0.2, 0.25) is 0 Å². The number of nitrogens with zero attached hydrogens (tertiary/aromatic N) is 6. The van der Waals surface area contributed by atoms with Crippen LogP contribution in [0.5, 0.6) is 5.88 Å². The van der Waals surface area contributed by atoms with Crippen molar-refractivity contribution in [2.75, 3.05) is 19.8 Å². The second kappa shape index (κ2) is 10.6. The molecule has 2 atom stereocenters. The van der Waals surface area contributed by atoms with Crippen molar-refractivity contribution >= 4 is 23.1 Å². The summed E-state index contributed by atoms with van der Waals surface area (Å²) in [5.41, 5.74) is 5.22. The van der Waals surface area contributed by atoms with Gasteiger partial charge in [-0.25, -0.2) is 4.68 Å². The molecule has 4 aromatic heterocycles. The SMILES string of the molecule is CC.Cc1nn(C)c2c1-c1cc3c(n[nH]c3cn1)/C=C/c1c(n(C(C)CO)[nH]c1=O)CN1CCCC1CO2. The highest BCUT2D eigenvalue weighted by atomic mass is 16.5. The van der Waals surface area contributed by atoms with Gasteiger partial charge in [-0.15, -0.1) is 0 Å². The lowest BCUT2D eigenvalue weighted by Gasteiger charge is -2.26. The van der Waals surface area contributed by atoms with Gasteiger partial charge in [-0.1, -0.05) is 13.8 Å². The van der Waals surface area contributed by atoms with Gasteiger partial charge in [-0.05, 0) is 51.5 Å². The van der Waals surface area contributed by atoms with Crippen molar-refractivity contribution in [2.24, 2.45) is 7.05 Å². The summed E-state index contributed by atoms with van der Waals surface area (Å²) in [6.07, 6.45) is 7.50. The van der Waals surface area contributed by atoms with Gasteiger partial charge in [-0.3, -0.25) is 29.6 Å². The van der Waals surface area contributed by atoms with Gasteiger partial charge in [0.2, 0.25) is 5.88 Å². The lowest BCUT2D eigenvalue weighted by molar-refractivity contribution is 0.154. The summed E-state index contributed by atoms with van der Waals surface area (Å²) in [7, 11) is 1.89. The number of rotatable bonds is 2. The topological polar surface area (TPSA) is 130 Å². The number of nitrogens with one attached hydrogen (secondary N) is 2. The maximum Gasteiger partial charge on any atom is 0.271 e. The molecule has 2 aliphatic heterocycles. The third kappa shape index (κ3) is 4.45. The van der Waals surface area contributed by atoms with Crippen molar-refractivity contribution in [2.45, 2.75) is 59.2 Å². The average molecular weight is 521 g/mol. The fourth-order valence-electron chi connectivity index (χ4n) is 5.41. The Morgan fingerprint density at radius 2 is 2.11 bits per heavy atom. The van der Waals surface area contributed by atoms with Crippen LogP contribution >= 0.6 is 0 Å². The molecule has 202 valence electrons. The minimum atomic E-state index is -0.256. The van der Waals surface area contributed by atoms with Crippen LogP contribution in [0.15, 0.2) is 17.1 Å². The maximum absolute atomic E-state index is 13.0. The standard InChI is InChI=1S/C25H30N8O3.C2H6/c1-14(12-34)33-22-11-32-8-4-5-16(32)13-36-25-23(15(2)29-31(25)3)20-9-18-19(27-28-21(18)10-26-20)7-6-17(22)24(35)30-33;1-2/h6-7,9-10,14,16,34H,4-5,8,11-13H2,1-3H3,(H,27,28)(H,30,35);1-2H3/b7-6+;. The molecule has 0 saturated carbocycles. The summed E-state index contributed by atoms with van der Waals surface area (Å²) in [5.74, 6) is 0.690. The first-order valence-electron chi connectivity index (χ1n) is 13.3. The Labute approximate surface area is 221 Å². The smallest absolute Gasteiger partial charge is 0.271 e. The Hall–Kier alpha value is -3.70. The predicted octanol–water partition coefficient (Wildman–Crippen LogP) is 3.26. The molecule has 38 heavy (non-hydrogen) atoms. The van der Waals surface area contributed by atoms with Gasteiger partial charge in [0.1, 0.15) is 6.61 Å². The summed E-state index contributed by atoms with van der Waals surface area (Å²) >= 11 is 0. The number of hydrogen-bond acceptors (Lipinski definition) is 7. The van der Waals surface area contributed by atoms with Crippen molar-refractivity contribution < 1.29 is 9.84 Å². The summed E-state index contributed by atoms with van der Waals surface area (Å²) in [6, 6.07) is 1.92. The number of aliphatic hydroxyl groups excluding tert-OH is 1. The number of aromatic amines is 2.